The van der Waals surface area contributed by atoms with Crippen molar-refractivity contribution >= 4 is 17.6 Å². The van der Waals surface area contributed by atoms with E-state index in [0.29, 0.717) is 11.6 Å². The van der Waals surface area contributed by atoms with Gasteiger partial charge in [0.25, 0.3) is 0 Å². The molecule has 0 spiro atoms. The standard InChI is InChI=1S/C21H21NO4/c1-13(2)14-9-11-15(12-10-14)19-17(20(23)25-3)18(21(24)26-19)22-16-7-5-4-6-8-16/h4-13,19,22H,1-3H3. The van der Waals surface area contributed by atoms with Crippen molar-refractivity contribution in [2.45, 2.75) is 25.9 Å². The maximum atomic E-state index is 12.4. The molecule has 0 fully saturated rings. The molecule has 1 aliphatic rings. The van der Waals surface area contributed by atoms with Crippen LogP contribution in [0.5, 0.6) is 0 Å². The number of esters is 2. The molecule has 134 valence electrons. The van der Waals surface area contributed by atoms with E-state index in [1.165, 1.54) is 12.7 Å². The number of carbonyl (C=O) groups excluding carboxylic acids is 2. The minimum atomic E-state index is -0.789. The number of benzene rings is 2. The number of para-hydroxylation sites is 1. The summed E-state index contributed by atoms with van der Waals surface area (Å²) in [5.74, 6) is -0.777. The van der Waals surface area contributed by atoms with Gasteiger partial charge in [-0.2, -0.15) is 0 Å². The van der Waals surface area contributed by atoms with Gasteiger partial charge in [-0.15, -0.1) is 0 Å². The van der Waals surface area contributed by atoms with Gasteiger partial charge in [0.15, 0.2) is 6.10 Å². The molecule has 2 aromatic rings. The zero-order valence-corrected chi connectivity index (χ0v) is 15.0. The largest absolute Gasteiger partial charge is 0.465 e. The van der Waals surface area contributed by atoms with Crippen LogP contribution >= 0.6 is 0 Å². The third kappa shape index (κ3) is 3.47. The lowest BCUT2D eigenvalue weighted by atomic mass is 9.97. The second-order valence-corrected chi connectivity index (χ2v) is 6.38. The first-order valence-corrected chi connectivity index (χ1v) is 8.46. The monoisotopic (exact) mass is 351 g/mol. The lowest BCUT2D eigenvalue weighted by molar-refractivity contribution is -0.141. The van der Waals surface area contributed by atoms with Crippen molar-refractivity contribution in [1.82, 2.24) is 0 Å². The molecule has 0 aliphatic carbocycles. The van der Waals surface area contributed by atoms with E-state index in [9.17, 15) is 9.59 Å². The van der Waals surface area contributed by atoms with Crippen LogP contribution in [-0.4, -0.2) is 19.0 Å². The van der Waals surface area contributed by atoms with Crippen molar-refractivity contribution < 1.29 is 19.1 Å². The Morgan fingerprint density at radius 1 is 1.08 bits per heavy atom. The lowest BCUT2D eigenvalue weighted by Gasteiger charge is -2.14. The van der Waals surface area contributed by atoms with E-state index in [-0.39, 0.29) is 11.3 Å². The molecule has 0 aromatic heterocycles. The number of methoxy groups -OCH3 is 1. The summed E-state index contributed by atoms with van der Waals surface area (Å²) in [7, 11) is 1.29. The minimum absolute atomic E-state index is 0.112. The Labute approximate surface area is 152 Å². The van der Waals surface area contributed by atoms with E-state index < -0.39 is 18.0 Å². The number of rotatable bonds is 5. The van der Waals surface area contributed by atoms with E-state index in [4.69, 9.17) is 9.47 Å². The quantitative estimate of drug-likeness (QED) is 0.827. The summed E-state index contributed by atoms with van der Waals surface area (Å²) in [6, 6.07) is 16.9. The van der Waals surface area contributed by atoms with Crippen LogP contribution in [0, 0.1) is 0 Å². The van der Waals surface area contributed by atoms with Gasteiger partial charge in [-0.05, 0) is 29.2 Å². The van der Waals surface area contributed by atoms with Gasteiger partial charge in [-0.25, -0.2) is 9.59 Å². The van der Waals surface area contributed by atoms with Crippen LogP contribution in [-0.2, 0) is 19.1 Å². The van der Waals surface area contributed by atoms with Crippen LogP contribution in [0.2, 0.25) is 0 Å². The van der Waals surface area contributed by atoms with Gasteiger partial charge in [0.1, 0.15) is 11.3 Å². The van der Waals surface area contributed by atoms with Gasteiger partial charge < -0.3 is 14.8 Å². The second kappa shape index (κ2) is 7.44. The Balaban J connectivity index is 1.99. The smallest absolute Gasteiger partial charge is 0.356 e. The highest BCUT2D eigenvalue weighted by molar-refractivity contribution is 6.06. The van der Waals surface area contributed by atoms with Crippen LogP contribution < -0.4 is 5.32 Å². The highest BCUT2D eigenvalue weighted by atomic mass is 16.6. The van der Waals surface area contributed by atoms with E-state index in [0.717, 1.165) is 5.56 Å². The molecule has 1 aliphatic heterocycles. The third-order valence-electron chi connectivity index (χ3n) is 4.31. The SMILES string of the molecule is COC(=O)C1=C(Nc2ccccc2)C(=O)OC1c1ccc(C(C)C)cc1. The topological polar surface area (TPSA) is 64.6 Å². The van der Waals surface area contributed by atoms with Crippen LogP contribution in [0.4, 0.5) is 5.69 Å². The van der Waals surface area contributed by atoms with Crippen molar-refractivity contribution in [2.24, 2.45) is 0 Å². The Bertz CT molecular complexity index is 838. The first-order chi connectivity index (χ1) is 12.5. The normalized spacial score (nSPS) is 16.6. The molecule has 0 radical (unpaired) electrons. The maximum Gasteiger partial charge on any atom is 0.356 e. The summed E-state index contributed by atoms with van der Waals surface area (Å²) in [5.41, 5.74) is 2.88. The van der Waals surface area contributed by atoms with Gasteiger partial charge in [0.2, 0.25) is 0 Å². The average molecular weight is 351 g/mol. The fourth-order valence-electron chi connectivity index (χ4n) is 2.86. The van der Waals surface area contributed by atoms with Crippen molar-refractivity contribution in [1.29, 1.82) is 0 Å². The predicted molar refractivity (Wildman–Crippen MR) is 98.5 cm³/mol. The van der Waals surface area contributed by atoms with Crippen molar-refractivity contribution in [3.05, 3.63) is 77.0 Å². The van der Waals surface area contributed by atoms with Crippen LogP contribution in [0.1, 0.15) is 37.0 Å². The van der Waals surface area contributed by atoms with Gasteiger partial charge in [-0.3, -0.25) is 0 Å². The maximum absolute atomic E-state index is 12.4. The van der Waals surface area contributed by atoms with Gasteiger partial charge in [-0.1, -0.05) is 56.3 Å². The molecule has 1 heterocycles. The summed E-state index contributed by atoms with van der Waals surface area (Å²) in [6.45, 7) is 4.21. The molecule has 3 rings (SSSR count). The van der Waals surface area contributed by atoms with Gasteiger partial charge in [0, 0.05) is 5.69 Å². The average Bonchev–Trinajstić information content (AvgIpc) is 2.98. The Morgan fingerprint density at radius 2 is 1.73 bits per heavy atom. The number of carbonyl (C=O) groups is 2. The van der Waals surface area contributed by atoms with Gasteiger partial charge in [0.05, 0.1) is 7.11 Å². The first-order valence-electron chi connectivity index (χ1n) is 8.46. The molecule has 1 unspecified atom stereocenters. The zero-order chi connectivity index (χ0) is 18.7. The van der Waals surface area contributed by atoms with Crippen LogP contribution in [0.15, 0.2) is 65.9 Å². The number of ether oxygens (including phenoxy) is 2. The molecular formula is C21H21NO4. The molecule has 2 aromatic carbocycles. The summed E-state index contributed by atoms with van der Waals surface area (Å²) in [5, 5.41) is 2.99. The van der Waals surface area contributed by atoms with Crippen molar-refractivity contribution in [2.75, 3.05) is 12.4 Å². The zero-order valence-electron chi connectivity index (χ0n) is 15.0. The number of nitrogens with one attached hydrogen (secondary N) is 1. The molecule has 5 nitrogen and oxygen atoms in total. The molecule has 26 heavy (non-hydrogen) atoms. The van der Waals surface area contributed by atoms with Crippen LogP contribution in [0.25, 0.3) is 0 Å². The molecular weight excluding hydrogens is 330 g/mol. The summed E-state index contributed by atoms with van der Waals surface area (Å²) < 4.78 is 10.4. The molecule has 5 heteroatoms. The van der Waals surface area contributed by atoms with Crippen molar-refractivity contribution in [3.63, 3.8) is 0 Å². The number of cyclic esters (lactones) is 1. The number of anilines is 1. The van der Waals surface area contributed by atoms with E-state index in [1.807, 2.05) is 42.5 Å². The molecule has 0 saturated heterocycles. The summed E-state index contributed by atoms with van der Waals surface area (Å²) in [4.78, 5) is 24.8. The number of hydrogen-bond acceptors (Lipinski definition) is 5. The minimum Gasteiger partial charge on any atom is -0.465 e. The van der Waals surface area contributed by atoms with Gasteiger partial charge >= 0.3 is 11.9 Å². The number of hydrogen-bond donors (Lipinski definition) is 1. The first kappa shape index (κ1) is 17.7. The molecule has 0 amide bonds. The molecule has 1 N–H and O–H groups in total. The fraction of sp³-hybridized carbons (Fsp3) is 0.238. The van der Waals surface area contributed by atoms with E-state index >= 15 is 0 Å². The Morgan fingerprint density at radius 3 is 2.31 bits per heavy atom. The third-order valence-corrected chi connectivity index (χ3v) is 4.31. The highest BCUT2D eigenvalue weighted by Gasteiger charge is 2.40. The second-order valence-electron chi connectivity index (χ2n) is 6.38. The summed E-state index contributed by atoms with van der Waals surface area (Å²) in [6.07, 6.45) is -0.789. The lowest BCUT2D eigenvalue weighted by Crippen LogP contribution is -2.14. The molecule has 0 bridgehead atoms. The predicted octanol–water partition coefficient (Wildman–Crippen LogP) is 3.95. The Hall–Kier alpha value is -3.08. The Kier molecular flexibility index (Phi) is 5.07. The van der Waals surface area contributed by atoms with E-state index in [1.54, 1.807) is 12.1 Å². The molecule has 1 atom stereocenters. The van der Waals surface area contributed by atoms with Crippen LogP contribution in [0.3, 0.4) is 0 Å². The highest BCUT2D eigenvalue weighted by Crippen LogP contribution is 2.36. The summed E-state index contributed by atoms with van der Waals surface area (Å²) >= 11 is 0. The molecule has 0 saturated carbocycles. The van der Waals surface area contributed by atoms with Crippen molar-refractivity contribution in [3.8, 4) is 0 Å². The van der Waals surface area contributed by atoms with E-state index in [2.05, 4.69) is 19.2 Å². The fourth-order valence-corrected chi connectivity index (χ4v) is 2.86.